The third kappa shape index (κ3) is 3.90. The number of ether oxygens (including phenoxy) is 1. The number of piperidine rings is 1. The highest BCUT2D eigenvalue weighted by molar-refractivity contribution is 5.64. The molecule has 0 aliphatic carbocycles. The molecule has 2 N–H and O–H groups in total. The number of nitrogens with zero attached hydrogens (tertiary/aromatic N) is 3. The van der Waals surface area contributed by atoms with Crippen molar-refractivity contribution in [3.8, 4) is 5.75 Å². The van der Waals surface area contributed by atoms with Gasteiger partial charge < -0.3 is 20.3 Å². The van der Waals surface area contributed by atoms with Gasteiger partial charge in [0.25, 0.3) is 0 Å². The molecule has 0 saturated carbocycles. The van der Waals surface area contributed by atoms with Gasteiger partial charge in [0.2, 0.25) is 0 Å². The van der Waals surface area contributed by atoms with Gasteiger partial charge in [-0.25, -0.2) is 0 Å². The number of nitrogens with two attached hydrogens (primary N) is 1. The summed E-state index contributed by atoms with van der Waals surface area (Å²) >= 11 is 0. The van der Waals surface area contributed by atoms with Crippen LogP contribution in [0.15, 0.2) is 18.2 Å². The Bertz CT molecular complexity index is 506. The van der Waals surface area contributed by atoms with E-state index in [0.29, 0.717) is 6.61 Å². The zero-order chi connectivity index (χ0) is 16.2. The van der Waals surface area contributed by atoms with E-state index in [1.54, 1.807) is 0 Å². The average molecular weight is 318 g/mol. The lowest BCUT2D eigenvalue weighted by atomic mass is 10.0. The fourth-order valence-electron chi connectivity index (χ4n) is 3.72. The zero-order valence-corrected chi connectivity index (χ0v) is 14.5. The molecule has 2 fully saturated rings. The average Bonchev–Trinajstić information content (AvgIpc) is 2.56. The molecule has 0 unspecified atom stereocenters. The van der Waals surface area contributed by atoms with E-state index in [1.165, 1.54) is 44.7 Å². The van der Waals surface area contributed by atoms with Crippen LogP contribution in [-0.2, 0) is 0 Å². The van der Waals surface area contributed by atoms with Crippen molar-refractivity contribution >= 4 is 11.4 Å². The Morgan fingerprint density at radius 2 is 1.78 bits per heavy atom. The Labute approximate surface area is 140 Å². The van der Waals surface area contributed by atoms with Crippen molar-refractivity contribution in [3.05, 3.63) is 18.2 Å². The molecule has 5 heteroatoms. The highest BCUT2D eigenvalue weighted by Gasteiger charge is 2.27. The Morgan fingerprint density at radius 1 is 1.09 bits per heavy atom. The monoisotopic (exact) mass is 318 g/mol. The summed E-state index contributed by atoms with van der Waals surface area (Å²) in [5, 5.41) is 0. The van der Waals surface area contributed by atoms with Crippen LogP contribution in [0.4, 0.5) is 11.4 Å². The topological polar surface area (TPSA) is 45.0 Å². The molecule has 0 aromatic heterocycles. The Balaban J connectivity index is 1.60. The lowest BCUT2D eigenvalue weighted by molar-refractivity contribution is 0.0981. The Hall–Kier alpha value is -1.46. The third-order valence-corrected chi connectivity index (χ3v) is 5.14. The van der Waals surface area contributed by atoms with Crippen molar-refractivity contribution in [2.24, 2.45) is 0 Å². The predicted octanol–water partition coefficient (Wildman–Crippen LogP) is 1.88. The van der Waals surface area contributed by atoms with Crippen LogP contribution in [0.25, 0.3) is 0 Å². The molecular formula is C18H30N4O. The molecule has 2 heterocycles. The molecule has 3 rings (SSSR count). The first-order chi connectivity index (χ1) is 11.2. The second-order valence-corrected chi connectivity index (χ2v) is 6.72. The number of benzene rings is 1. The molecule has 5 nitrogen and oxygen atoms in total. The largest absolute Gasteiger partial charge is 0.492 e. The van der Waals surface area contributed by atoms with E-state index in [2.05, 4.69) is 27.8 Å². The van der Waals surface area contributed by atoms with Crippen molar-refractivity contribution in [2.75, 3.05) is 63.6 Å². The first-order valence-corrected chi connectivity index (χ1v) is 8.87. The lowest BCUT2D eigenvalue weighted by Crippen LogP contribution is -2.52. The molecule has 0 bridgehead atoms. The van der Waals surface area contributed by atoms with Gasteiger partial charge in [0, 0.05) is 57.1 Å². The number of nitrogen functional groups attached to an aromatic ring is 1. The van der Waals surface area contributed by atoms with Gasteiger partial charge in [0.05, 0.1) is 12.3 Å². The van der Waals surface area contributed by atoms with Crippen molar-refractivity contribution in [2.45, 2.75) is 25.8 Å². The minimum Gasteiger partial charge on any atom is -0.492 e. The van der Waals surface area contributed by atoms with Gasteiger partial charge in [0.1, 0.15) is 5.75 Å². The molecule has 23 heavy (non-hydrogen) atoms. The van der Waals surface area contributed by atoms with Crippen LogP contribution in [0.3, 0.4) is 0 Å². The summed E-state index contributed by atoms with van der Waals surface area (Å²) in [7, 11) is 2.22. The van der Waals surface area contributed by atoms with Crippen LogP contribution < -0.4 is 15.4 Å². The van der Waals surface area contributed by atoms with Gasteiger partial charge in [-0.1, -0.05) is 0 Å². The Kier molecular flexibility index (Phi) is 5.28. The lowest BCUT2D eigenvalue weighted by Gasteiger charge is -2.42. The summed E-state index contributed by atoms with van der Waals surface area (Å²) < 4.78 is 5.79. The highest BCUT2D eigenvalue weighted by Crippen LogP contribution is 2.33. The molecule has 2 aliphatic heterocycles. The molecule has 2 saturated heterocycles. The first kappa shape index (κ1) is 16.4. The van der Waals surface area contributed by atoms with Crippen molar-refractivity contribution in [3.63, 3.8) is 0 Å². The van der Waals surface area contributed by atoms with Crippen LogP contribution >= 0.6 is 0 Å². The standard InChI is InChI=1S/C18H30N4O/c1-3-23-18-14-15(19)4-5-17(18)22-8-6-16(7-9-22)21-12-10-20(2)11-13-21/h4-5,14,16H,3,6-13,19H2,1-2H3. The summed E-state index contributed by atoms with van der Waals surface area (Å²) in [6.07, 6.45) is 2.47. The zero-order valence-electron chi connectivity index (χ0n) is 14.5. The van der Waals surface area contributed by atoms with E-state index in [9.17, 15) is 0 Å². The van der Waals surface area contributed by atoms with Gasteiger partial charge in [-0.15, -0.1) is 0 Å². The van der Waals surface area contributed by atoms with Crippen LogP contribution in [0.1, 0.15) is 19.8 Å². The molecule has 0 radical (unpaired) electrons. The van der Waals surface area contributed by atoms with E-state index in [-0.39, 0.29) is 0 Å². The Morgan fingerprint density at radius 3 is 2.43 bits per heavy atom. The summed E-state index contributed by atoms with van der Waals surface area (Å²) in [6.45, 7) is 9.72. The molecule has 0 atom stereocenters. The van der Waals surface area contributed by atoms with E-state index in [4.69, 9.17) is 10.5 Å². The third-order valence-electron chi connectivity index (χ3n) is 5.14. The van der Waals surface area contributed by atoms with E-state index in [0.717, 1.165) is 30.6 Å². The fraction of sp³-hybridized carbons (Fsp3) is 0.667. The normalized spacial score (nSPS) is 21.6. The number of anilines is 2. The maximum Gasteiger partial charge on any atom is 0.144 e. The first-order valence-electron chi connectivity index (χ1n) is 8.87. The number of piperazine rings is 1. The van der Waals surface area contributed by atoms with Crippen LogP contribution in [-0.4, -0.2) is 68.8 Å². The minimum atomic E-state index is 0.675. The molecule has 2 aliphatic rings. The summed E-state index contributed by atoms with van der Waals surface area (Å²) in [6, 6.07) is 6.77. The van der Waals surface area contributed by atoms with Crippen molar-refractivity contribution < 1.29 is 4.74 Å². The van der Waals surface area contributed by atoms with E-state index >= 15 is 0 Å². The number of hydrogen-bond acceptors (Lipinski definition) is 5. The quantitative estimate of drug-likeness (QED) is 0.859. The molecular weight excluding hydrogens is 288 g/mol. The number of hydrogen-bond donors (Lipinski definition) is 1. The SMILES string of the molecule is CCOc1cc(N)ccc1N1CCC(N2CCN(C)CC2)CC1. The number of likely N-dealkylation sites (N-methyl/N-ethyl adjacent to an activating group) is 1. The van der Waals surface area contributed by atoms with Gasteiger partial charge >= 0.3 is 0 Å². The summed E-state index contributed by atoms with van der Waals surface area (Å²) in [4.78, 5) is 7.56. The van der Waals surface area contributed by atoms with E-state index in [1.807, 2.05) is 19.1 Å². The highest BCUT2D eigenvalue weighted by atomic mass is 16.5. The van der Waals surface area contributed by atoms with Crippen LogP contribution in [0.2, 0.25) is 0 Å². The number of rotatable bonds is 4. The maximum absolute atomic E-state index is 5.91. The second-order valence-electron chi connectivity index (χ2n) is 6.72. The molecule has 0 spiro atoms. The summed E-state index contributed by atoms with van der Waals surface area (Å²) in [5.74, 6) is 0.922. The predicted molar refractivity (Wildman–Crippen MR) is 96.3 cm³/mol. The maximum atomic E-state index is 5.91. The fourth-order valence-corrected chi connectivity index (χ4v) is 3.72. The van der Waals surface area contributed by atoms with Gasteiger partial charge in [-0.05, 0) is 38.9 Å². The molecule has 1 aromatic rings. The van der Waals surface area contributed by atoms with Crippen molar-refractivity contribution in [1.29, 1.82) is 0 Å². The van der Waals surface area contributed by atoms with Gasteiger partial charge in [-0.3, -0.25) is 4.90 Å². The molecule has 128 valence electrons. The van der Waals surface area contributed by atoms with Gasteiger partial charge in [0.15, 0.2) is 0 Å². The van der Waals surface area contributed by atoms with E-state index < -0.39 is 0 Å². The van der Waals surface area contributed by atoms with Gasteiger partial charge in [-0.2, -0.15) is 0 Å². The summed E-state index contributed by atoms with van der Waals surface area (Å²) in [5.41, 5.74) is 7.87. The van der Waals surface area contributed by atoms with Crippen LogP contribution in [0.5, 0.6) is 5.75 Å². The smallest absolute Gasteiger partial charge is 0.144 e. The second kappa shape index (κ2) is 7.41. The molecule has 1 aromatic carbocycles. The van der Waals surface area contributed by atoms with Crippen molar-refractivity contribution in [1.82, 2.24) is 9.80 Å². The van der Waals surface area contributed by atoms with Crippen LogP contribution in [0, 0.1) is 0 Å². The minimum absolute atomic E-state index is 0.675. The molecule has 0 amide bonds.